The van der Waals surface area contributed by atoms with E-state index in [4.69, 9.17) is 11.6 Å². The molecule has 0 radical (unpaired) electrons. The Morgan fingerprint density at radius 2 is 2.09 bits per heavy atom. The van der Waals surface area contributed by atoms with Crippen LogP contribution in [-0.2, 0) is 0 Å². The number of halogens is 1. The van der Waals surface area contributed by atoms with Crippen molar-refractivity contribution in [2.24, 2.45) is 0 Å². The number of nitro benzene ring substituents is 1. The maximum Gasteiger partial charge on any atom is 0.293 e. The maximum atomic E-state index is 12.2. The number of nitrogens with zero attached hydrogens (tertiary/aromatic N) is 2. The number of aromatic nitrogens is 1. The van der Waals surface area contributed by atoms with Gasteiger partial charge in [-0.1, -0.05) is 11.6 Å². The molecule has 118 valence electrons. The highest BCUT2D eigenvalue weighted by Gasteiger charge is 2.25. The van der Waals surface area contributed by atoms with Gasteiger partial charge in [-0.3, -0.25) is 14.9 Å². The lowest BCUT2D eigenvalue weighted by Gasteiger charge is -2.08. The molecule has 0 unspecified atom stereocenters. The van der Waals surface area contributed by atoms with Crippen LogP contribution in [0.4, 0.5) is 17.1 Å². The van der Waals surface area contributed by atoms with E-state index in [1.165, 1.54) is 12.3 Å². The number of rotatable bonds is 5. The van der Waals surface area contributed by atoms with Crippen molar-refractivity contribution in [1.82, 2.24) is 4.98 Å². The summed E-state index contributed by atoms with van der Waals surface area (Å²) in [5.74, 6) is -0.449. The molecule has 1 amide bonds. The van der Waals surface area contributed by atoms with Gasteiger partial charge >= 0.3 is 0 Å². The summed E-state index contributed by atoms with van der Waals surface area (Å²) in [4.78, 5) is 26.8. The van der Waals surface area contributed by atoms with E-state index in [9.17, 15) is 14.9 Å². The van der Waals surface area contributed by atoms with Crippen molar-refractivity contribution in [3.05, 3.63) is 57.4 Å². The van der Waals surface area contributed by atoms with Crippen LogP contribution in [0.1, 0.15) is 23.2 Å². The zero-order chi connectivity index (χ0) is 16.4. The highest BCUT2D eigenvalue weighted by Crippen LogP contribution is 2.31. The molecule has 1 aliphatic rings. The molecule has 3 rings (SSSR count). The third-order valence-corrected chi connectivity index (χ3v) is 3.60. The Morgan fingerprint density at radius 3 is 2.70 bits per heavy atom. The number of hydrogen-bond donors (Lipinski definition) is 2. The van der Waals surface area contributed by atoms with Gasteiger partial charge in [-0.15, -0.1) is 0 Å². The standard InChI is InChI=1S/C15H13ClN4O3/c16-14-6-4-11(8-17-14)19-15(21)9-1-5-12(18-10-2-3-10)13(7-9)20(22)23/h1,4-8,10,18H,2-3H2,(H,19,21). The van der Waals surface area contributed by atoms with E-state index >= 15 is 0 Å². The van der Waals surface area contributed by atoms with Crippen LogP contribution in [-0.4, -0.2) is 21.9 Å². The Labute approximate surface area is 136 Å². The average Bonchev–Trinajstić information content (AvgIpc) is 3.33. The predicted octanol–water partition coefficient (Wildman–Crippen LogP) is 3.47. The monoisotopic (exact) mass is 332 g/mol. The fourth-order valence-electron chi connectivity index (χ4n) is 2.05. The number of pyridine rings is 1. The number of nitro groups is 1. The molecule has 0 aliphatic heterocycles. The van der Waals surface area contributed by atoms with Gasteiger partial charge in [-0.2, -0.15) is 0 Å². The average molecular weight is 333 g/mol. The fraction of sp³-hybridized carbons (Fsp3) is 0.200. The largest absolute Gasteiger partial charge is 0.377 e. The summed E-state index contributed by atoms with van der Waals surface area (Å²) in [5.41, 5.74) is 0.983. The molecular formula is C15H13ClN4O3. The summed E-state index contributed by atoms with van der Waals surface area (Å²) in [5, 5.41) is 17.2. The number of amides is 1. The molecule has 0 bridgehead atoms. The van der Waals surface area contributed by atoms with Crippen LogP contribution < -0.4 is 10.6 Å². The van der Waals surface area contributed by atoms with Gasteiger partial charge in [0, 0.05) is 17.7 Å². The van der Waals surface area contributed by atoms with E-state index in [1.807, 2.05) is 0 Å². The highest BCUT2D eigenvalue weighted by molar-refractivity contribution is 6.29. The topological polar surface area (TPSA) is 97.2 Å². The molecule has 1 heterocycles. The Kier molecular flexibility index (Phi) is 4.12. The van der Waals surface area contributed by atoms with Crippen LogP contribution in [0.25, 0.3) is 0 Å². The Bertz CT molecular complexity index is 760. The Morgan fingerprint density at radius 1 is 1.30 bits per heavy atom. The van der Waals surface area contributed by atoms with Crippen molar-refractivity contribution in [3.63, 3.8) is 0 Å². The molecule has 7 nitrogen and oxygen atoms in total. The second kappa shape index (κ2) is 6.21. The summed E-state index contributed by atoms with van der Waals surface area (Å²) in [6, 6.07) is 7.81. The minimum Gasteiger partial charge on any atom is -0.377 e. The molecule has 0 saturated heterocycles. The van der Waals surface area contributed by atoms with Crippen molar-refractivity contribution >= 4 is 34.6 Å². The summed E-state index contributed by atoms with van der Waals surface area (Å²) in [6.07, 6.45) is 3.42. The number of anilines is 2. The van der Waals surface area contributed by atoms with Crippen LogP contribution in [0.2, 0.25) is 5.15 Å². The number of carbonyl (C=O) groups excluding carboxylic acids is 1. The molecule has 0 atom stereocenters. The van der Waals surface area contributed by atoms with Gasteiger partial charge in [0.2, 0.25) is 0 Å². The molecule has 1 aromatic heterocycles. The van der Waals surface area contributed by atoms with Gasteiger partial charge in [-0.05, 0) is 37.1 Å². The minimum atomic E-state index is -0.495. The molecule has 1 aromatic carbocycles. The summed E-state index contributed by atoms with van der Waals surface area (Å²) in [7, 11) is 0. The molecule has 2 N–H and O–H groups in total. The zero-order valence-corrected chi connectivity index (χ0v) is 12.7. The molecule has 1 aliphatic carbocycles. The SMILES string of the molecule is O=C(Nc1ccc(Cl)nc1)c1ccc(NC2CC2)c([N+](=O)[O-])c1. The van der Waals surface area contributed by atoms with Crippen LogP contribution in [0.3, 0.4) is 0 Å². The predicted molar refractivity (Wildman–Crippen MR) is 86.9 cm³/mol. The van der Waals surface area contributed by atoms with Gasteiger partial charge in [-0.25, -0.2) is 4.98 Å². The Balaban J connectivity index is 1.80. The van der Waals surface area contributed by atoms with Gasteiger partial charge in [0.25, 0.3) is 11.6 Å². The summed E-state index contributed by atoms with van der Waals surface area (Å²) >= 11 is 5.68. The van der Waals surface area contributed by atoms with Crippen LogP contribution in [0.5, 0.6) is 0 Å². The lowest BCUT2D eigenvalue weighted by molar-refractivity contribution is -0.384. The number of benzene rings is 1. The van der Waals surface area contributed by atoms with Crippen LogP contribution >= 0.6 is 11.6 Å². The Hall–Kier alpha value is -2.67. The molecule has 8 heteroatoms. The lowest BCUT2D eigenvalue weighted by Crippen LogP contribution is -2.13. The van der Waals surface area contributed by atoms with E-state index in [1.54, 1.807) is 24.3 Å². The molecule has 0 spiro atoms. The molecule has 23 heavy (non-hydrogen) atoms. The molecular weight excluding hydrogens is 320 g/mol. The van der Waals surface area contributed by atoms with E-state index in [-0.39, 0.29) is 17.3 Å². The van der Waals surface area contributed by atoms with Gasteiger partial charge < -0.3 is 10.6 Å². The first kappa shape index (κ1) is 15.2. The quantitative estimate of drug-likeness (QED) is 0.496. The van der Waals surface area contributed by atoms with E-state index in [0.29, 0.717) is 16.5 Å². The fourth-order valence-corrected chi connectivity index (χ4v) is 2.16. The molecule has 1 fully saturated rings. The zero-order valence-electron chi connectivity index (χ0n) is 12.0. The van der Waals surface area contributed by atoms with Gasteiger partial charge in [0.05, 0.1) is 16.8 Å². The first-order valence-corrected chi connectivity index (χ1v) is 7.38. The normalized spacial score (nSPS) is 13.4. The number of nitrogens with one attached hydrogen (secondary N) is 2. The molecule has 1 saturated carbocycles. The van der Waals surface area contributed by atoms with Crippen molar-refractivity contribution in [1.29, 1.82) is 0 Å². The summed E-state index contributed by atoms with van der Waals surface area (Å²) in [6.45, 7) is 0. The lowest BCUT2D eigenvalue weighted by atomic mass is 10.1. The van der Waals surface area contributed by atoms with Crippen molar-refractivity contribution in [3.8, 4) is 0 Å². The number of hydrogen-bond acceptors (Lipinski definition) is 5. The number of carbonyl (C=O) groups is 1. The van der Waals surface area contributed by atoms with E-state index in [0.717, 1.165) is 12.8 Å². The highest BCUT2D eigenvalue weighted by atomic mass is 35.5. The first-order valence-electron chi connectivity index (χ1n) is 7.01. The minimum absolute atomic E-state index is 0.112. The smallest absolute Gasteiger partial charge is 0.293 e. The first-order chi connectivity index (χ1) is 11.0. The van der Waals surface area contributed by atoms with E-state index < -0.39 is 10.8 Å². The maximum absolute atomic E-state index is 12.2. The van der Waals surface area contributed by atoms with Crippen molar-refractivity contribution < 1.29 is 9.72 Å². The third kappa shape index (κ3) is 3.75. The van der Waals surface area contributed by atoms with Crippen molar-refractivity contribution in [2.75, 3.05) is 10.6 Å². The summed E-state index contributed by atoms with van der Waals surface area (Å²) < 4.78 is 0. The van der Waals surface area contributed by atoms with Crippen molar-refractivity contribution in [2.45, 2.75) is 18.9 Å². The second-order valence-corrected chi connectivity index (χ2v) is 5.62. The van der Waals surface area contributed by atoms with E-state index in [2.05, 4.69) is 15.6 Å². The molecule has 2 aromatic rings. The van der Waals surface area contributed by atoms with Crippen LogP contribution in [0.15, 0.2) is 36.5 Å². The third-order valence-electron chi connectivity index (χ3n) is 3.38. The van der Waals surface area contributed by atoms with Gasteiger partial charge in [0.15, 0.2) is 0 Å². The van der Waals surface area contributed by atoms with Crippen LogP contribution in [0, 0.1) is 10.1 Å². The van der Waals surface area contributed by atoms with Gasteiger partial charge in [0.1, 0.15) is 10.8 Å². The second-order valence-electron chi connectivity index (χ2n) is 5.23.